The molecule has 0 atom stereocenters. The molecule has 1 heterocycles. The molecule has 0 saturated carbocycles. The van der Waals surface area contributed by atoms with Gasteiger partial charge in [0.1, 0.15) is 0 Å². The number of nitrogens with one attached hydrogen (secondary N) is 1. The maximum atomic E-state index is 4.37. The molecule has 2 aromatic carbocycles. The molecule has 0 amide bonds. The topological polar surface area (TPSA) is 24.9 Å². The Morgan fingerprint density at radius 2 is 1.80 bits per heavy atom. The smallest absolute Gasteiger partial charge is 0.0346 e. The second-order valence-electron chi connectivity index (χ2n) is 5.09. The molecular formula is C18H18N2. The van der Waals surface area contributed by atoms with Gasteiger partial charge in [0, 0.05) is 24.5 Å². The van der Waals surface area contributed by atoms with E-state index in [1.54, 1.807) is 0 Å². The predicted molar refractivity (Wildman–Crippen MR) is 84.7 cm³/mol. The molecule has 20 heavy (non-hydrogen) atoms. The second-order valence-corrected chi connectivity index (χ2v) is 5.09. The third-order valence-electron chi connectivity index (χ3n) is 3.63. The standard InChI is InChI=1S/C18H18N2/c1-13-7-8-17(18-6-4-3-5-16(13)18)15-9-14(10-19-2)11-20-12-15/h3-9,11-12,19H,10H2,1-2H3. The summed E-state index contributed by atoms with van der Waals surface area (Å²) >= 11 is 0. The number of aromatic nitrogens is 1. The predicted octanol–water partition coefficient (Wildman–Crippen LogP) is 3.93. The van der Waals surface area contributed by atoms with E-state index in [-0.39, 0.29) is 0 Å². The van der Waals surface area contributed by atoms with Crippen molar-refractivity contribution in [2.45, 2.75) is 13.5 Å². The van der Waals surface area contributed by atoms with Crippen LogP contribution in [0.15, 0.2) is 54.9 Å². The molecule has 3 aromatic rings. The van der Waals surface area contributed by atoms with Gasteiger partial charge in [-0.25, -0.2) is 0 Å². The van der Waals surface area contributed by atoms with Crippen LogP contribution in [0.1, 0.15) is 11.1 Å². The van der Waals surface area contributed by atoms with Crippen LogP contribution in [0.3, 0.4) is 0 Å². The van der Waals surface area contributed by atoms with E-state index in [1.165, 1.54) is 33.0 Å². The van der Waals surface area contributed by atoms with Crippen molar-refractivity contribution in [2.75, 3.05) is 7.05 Å². The Bertz CT molecular complexity index is 747. The minimum atomic E-state index is 0.838. The maximum absolute atomic E-state index is 4.37. The van der Waals surface area contributed by atoms with Crippen molar-refractivity contribution in [1.29, 1.82) is 0 Å². The van der Waals surface area contributed by atoms with Gasteiger partial charge in [-0.1, -0.05) is 36.4 Å². The zero-order valence-electron chi connectivity index (χ0n) is 11.9. The van der Waals surface area contributed by atoms with Gasteiger partial charge in [-0.15, -0.1) is 0 Å². The van der Waals surface area contributed by atoms with Crippen LogP contribution >= 0.6 is 0 Å². The molecule has 1 N–H and O–H groups in total. The first-order valence-electron chi connectivity index (χ1n) is 6.87. The van der Waals surface area contributed by atoms with Gasteiger partial charge in [0.05, 0.1) is 0 Å². The summed E-state index contributed by atoms with van der Waals surface area (Å²) in [5, 5.41) is 5.77. The molecule has 2 heteroatoms. The van der Waals surface area contributed by atoms with Crippen LogP contribution in [0, 0.1) is 6.92 Å². The van der Waals surface area contributed by atoms with Crippen molar-refractivity contribution in [1.82, 2.24) is 10.3 Å². The quantitative estimate of drug-likeness (QED) is 0.773. The first-order valence-corrected chi connectivity index (χ1v) is 6.87. The van der Waals surface area contributed by atoms with Crippen molar-refractivity contribution in [3.05, 3.63) is 66.0 Å². The lowest BCUT2D eigenvalue weighted by Crippen LogP contribution is -2.05. The molecule has 0 aliphatic carbocycles. The highest BCUT2D eigenvalue weighted by Gasteiger charge is 2.06. The van der Waals surface area contributed by atoms with E-state index in [1.807, 2.05) is 19.4 Å². The average molecular weight is 262 g/mol. The van der Waals surface area contributed by atoms with Gasteiger partial charge in [0.2, 0.25) is 0 Å². The lowest BCUT2D eigenvalue weighted by atomic mass is 9.96. The maximum Gasteiger partial charge on any atom is 0.0346 e. The van der Waals surface area contributed by atoms with Gasteiger partial charge >= 0.3 is 0 Å². The Labute approximate surface area is 119 Å². The molecule has 0 spiro atoms. The molecule has 3 rings (SSSR count). The molecule has 0 aliphatic rings. The average Bonchev–Trinajstić information content (AvgIpc) is 2.49. The van der Waals surface area contributed by atoms with Crippen LogP contribution in [0.2, 0.25) is 0 Å². The second kappa shape index (κ2) is 5.43. The highest BCUT2D eigenvalue weighted by molar-refractivity contribution is 5.98. The van der Waals surface area contributed by atoms with E-state index in [0.29, 0.717) is 0 Å². The van der Waals surface area contributed by atoms with Crippen molar-refractivity contribution >= 4 is 10.8 Å². The molecular weight excluding hydrogens is 244 g/mol. The summed E-state index contributed by atoms with van der Waals surface area (Å²) in [5.74, 6) is 0. The van der Waals surface area contributed by atoms with Crippen LogP contribution < -0.4 is 5.32 Å². The van der Waals surface area contributed by atoms with Crippen molar-refractivity contribution in [3.63, 3.8) is 0 Å². The van der Waals surface area contributed by atoms with Crippen molar-refractivity contribution in [3.8, 4) is 11.1 Å². The summed E-state index contributed by atoms with van der Waals surface area (Å²) in [4.78, 5) is 4.37. The first-order chi connectivity index (χ1) is 9.79. The molecule has 0 fully saturated rings. The fourth-order valence-corrected chi connectivity index (χ4v) is 2.64. The third-order valence-corrected chi connectivity index (χ3v) is 3.63. The van der Waals surface area contributed by atoms with E-state index >= 15 is 0 Å². The summed E-state index contributed by atoms with van der Waals surface area (Å²) in [5.41, 5.74) is 4.93. The summed E-state index contributed by atoms with van der Waals surface area (Å²) in [6.07, 6.45) is 3.85. The summed E-state index contributed by atoms with van der Waals surface area (Å²) in [7, 11) is 1.95. The Kier molecular flexibility index (Phi) is 3.48. The molecule has 0 unspecified atom stereocenters. The summed E-state index contributed by atoms with van der Waals surface area (Å²) in [6.45, 7) is 2.99. The Morgan fingerprint density at radius 1 is 1.00 bits per heavy atom. The molecule has 0 bridgehead atoms. The van der Waals surface area contributed by atoms with E-state index in [2.05, 4.69) is 59.7 Å². The first kappa shape index (κ1) is 12.8. The van der Waals surface area contributed by atoms with Crippen LogP contribution in [-0.2, 0) is 6.54 Å². The molecule has 1 aromatic heterocycles. The zero-order chi connectivity index (χ0) is 13.9. The molecule has 2 nitrogen and oxygen atoms in total. The van der Waals surface area contributed by atoms with Crippen LogP contribution in [-0.4, -0.2) is 12.0 Å². The Hall–Kier alpha value is -2.19. The number of aryl methyl sites for hydroxylation is 1. The minimum Gasteiger partial charge on any atom is -0.316 e. The van der Waals surface area contributed by atoms with Gasteiger partial charge < -0.3 is 5.32 Å². The summed E-state index contributed by atoms with van der Waals surface area (Å²) < 4.78 is 0. The van der Waals surface area contributed by atoms with E-state index in [9.17, 15) is 0 Å². The van der Waals surface area contributed by atoms with E-state index in [0.717, 1.165) is 6.54 Å². The Morgan fingerprint density at radius 3 is 2.60 bits per heavy atom. The third kappa shape index (κ3) is 2.30. The van der Waals surface area contributed by atoms with Crippen LogP contribution in [0.4, 0.5) is 0 Å². The minimum absolute atomic E-state index is 0.838. The number of fused-ring (bicyclic) bond motifs is 1. The largest absolute Gasteiger partial charge is 0.316 e. The van der Waals surface area contributed by atoms with Gasteiger partial charge in [0.15, 0.2) is 0 Å². The van der Waals surface area contributed by atoms with Gasteiger partial charge in [0.25, 0.3) is 0 Å². The lowest BCUT2D eigenvalue weighted by molar-refractivity contribution is 0.814. The van der Waals surface area contributed by atoms with Gasteiger partial charge in [-0.3, -0.25) is 4.98 Å². The molecule has 0 aliphatic heterocycles. The number of hydrogen-bond acceptors (Lipinski definition) is 2. The fourth-order valence-electron chi connectivity index (χ4n) is 2.64. The highest BCUT2D eigenvalue weighted by Crippen LogP contribution is 2.30. The van der Waals surface area contributed by atoms with Crippen LogP contribution in [0.5, 0.6) is 0 Å². The fraction of sp³-hybridized carbons (Fsp3) is 0.167. The Balaban J connectivity index is 2.19. The molecule has 100 valence electrons. The molecule has 0 radical (unpaired) electrons. The monoisotopic (exact) mass is 262 g/mol. The number of nitrogens with zero attached hydrogens (tertiary/aromatic N) is 1. The van der Waals surface area contributed by atoms with Crippen molar-refractivity contribution in [2.24, 2.45) is 0 Å². The van der Waals surface area contributed by atoms with Crippen molar-refractivity contribution < 1.29 is 0 Å². The number of hydrogen-bond donors (Lipinski definition) is 1. The number of benzene rings is 2. The van der Waals surface area contributed by atoms with E-state index in [4.69, 9.17) is 0 Å². The summed E-state index contributed by atoms with van der Waals surface area (Å²) in [6, 6.07) is 15.1. The highest BCUT2D eigenvalue weighted by atomic mass is 14.8. The lowest BCUT2D eigenvalue weighted by Gasteiger charge is -2.10. The number of rotatable bonds is 3. The van der Waals surface area contributed by atoms with E-state index < -0.39 is 0 Å². The molecule has 0 saturated heterocycles. The van der Waals surface area contributed by atoms with Crippen LogP contribution in [0.25, 0.3) is 21.9 Å². The van der Waals surface area contributed by atoms with Gasteiger partial charge in [-0.05, 0) is 47.5 Å². The zero-order valence-corrected chi connectivity index (χ0v) is 11.9. The normalized spacial score (nSPS) is 10.9. The number of pyridine rings is 1. The van der Waals surface area contributed by atoms with Gasteiger partial charge in [-0.2, -0.15) is 0 Å². The SMILES string of the molecule is CNCc1cncc(-c2ccc(C)c3ccccc23)c1.